The van der Waals surface area contributed by atoms with Crippen LogP contribution in [-0.4, -0.2) is 29.2 Å². The lowest BCUT2D eigenvalue weighted by atomic mass is 9.86. The lowest BCUT2D eigenvalue weighted by Gasteiger charge is -2.22. The highest BCUT2D eigenvalue weighted by Gasteiger charge is 2.24. The maximum absolute atomic E-state index is 14.6. The Hall–Kier alpha value is -3.85. The number of amides is 3. The van der Waals surface area contributed by atoms with Gasteiger partial charge in [-0.05, 0) is 46.4 Å². The molecule has 178 valence electrons. The number of halogens is 1. The molecule has 0 spiro atoms. The molecule has 0 aliphatic rings. The Kier molecular flexibility index (Phi) is 7.91. The van der Waals surface area contributed by atoms with Gasteiger partial charge in [0.05, 0.1) is 6.61 Å². The van der Waals surface area contributed by atoms with Crippen molar-refractivity contribution in [2.24, 2.45) is 0 Å². The number of benzene rings is 2. The minimum absolute atomic E-state index is 0.231. The normalized spacial score (nSPS) is 12.0. The Morgan fingerprint density at radius 3 is 2.38 bits per heavy atom. The Balaban J connectivity index is 1.82. The molecule has 3 rings (SSSR count). The quantitative estimate of drug-likeness (QED) is 0.474. The first-order valence-corrected chi connectivity index (χ1v) is 10.7. The summed E-state index contributed by atoms with van der Waals surface area (Å²) in [4.78, 5) is 25.8. The number of ether oxygens (including phenoxy) is 1. The van der Waals surface area contributed by atoms with E-state index in [0.717, 1.165) is 5.56 Å². The summed E-state index contributed by atoms with van der Waals surface area (Å²) in [5.41, 5.74) is 1.90. The van der Waals surface area contributed by atoms with Crippen molar-refractivity contribution < 1.29 is 18.7 Å². The van der Waals surface area contributed by atoms with Gasteiger partial charge in [-0.2, -0.15) is 5.10 Å². The van der Waals surface area contributed by atoms with Crippen LogP contribution in [0, 0.1) is 5.82 Å². The molecular formula is C25H28FN5O3. The predicted octanol–water partition coefficient (Wildman–Crippen LogP) is 4.56. The standard InChI is InChI=1S/C25H28FN5O3/c1-25(2,3)19-12-11-18(14-20(19)26)28-23(32)22(17-9-7-16(8-10-17)15-34-4)30-24(33)29-21-6-5-13-27-31-21/h5-14,22H,15H2,1-4H3,(H,28,32)(H2,29,30,31,33)/t22-/m1/s1. The van der Waals surface area contributed by atoms with Gasteiger partial charge in [0.1, 0.15) is 11.9 Å². The summed E-state index contributed by atoms with van der Waals surface area (Å²) in [6, 6.07) is 13.1. The van der Waals surface area contributed by atoms with Gasteiger partial charge in [-0.15, -0.1) is 5.10 Å². The number of nitrogens with one attached hydrogen (secondary N) is 3. The molecule has 3 aromatic rings. The number of methoxy groups -OCH3 is 1. The lowest BCUT2D eigenvalue weighted by molar-refractivity contribution is -0.118. The molecule has 0 saturated heterocycles. The number of hydrogen-bond donors (Lipinski definition) is 3. The molecule has 2 aromatic carbocycles. The van der Waals surface area contributed by atoms with Crippen LogP contribution < -0.4 is 16.0 Å². The van der Waals surface area contributed by atoms with E-state index in [1.807, 2.05) is 20.8 Å². The van der Waals surface area contributed by atoms with Crippen molar-refractivity contribution in [1.29, 1.82) is 0 Å². The van der Waals surface area contributed by atoms with Crippen molar-refractivity contribution in [2.45, 2.75) is 38.8 Å². The van der Waals surface area contributed by atoms with Gasteiger partial charge in [0.25, 0.3) is 5.91 Å². The average Bonchev–Trinajstić information content (AvgIpc) is 2.78. The molecule has 1 atom stereocenters. The second kappa shape index (κ2) is 10.8. The lowest BCUT2D eigenvalue weighted by Crippen LogP contribution is -2.39. The van der Waals surface area contributed by atoms with E-state index in [4.69, 9.17) is 4.74 Å². The van der Waals surface area contributed by atoms with Crippen LogP contribution in [-0.2, 0) is 21.6 Å². The molecule has 3 amide bonds. The minimum atomic E-state index is -1.06. The third-order valence-electron chi connectivity index (χ3n) is 5.02. The molecule has 9 heteroatoms. The zero-order valence-corrected chi connectivity index (χ0v) is 19.6. The van der Waals surface area contributed by atoms with Crippen molar-refractivity contribution in [3.05, 3.63) is 83.3 Å². The zero-order chi connectivity index (χ0) is 24.7. The molecule has 1 aromatic heterocycles. The fourth-order valence-corrected chi connectivity index (χ4v) is 3.34. The molecule has 0 unspecified atom stereocenters. The number of urea groups is 1. The number of carbonyl (C=O) groups is 2. The van der Waals surface area contributed by atoms with E-state index in [0.29, 0.717) is 17.7 Å². The number of nitrogens with zero attached hydrogens (tertiary/aromatic N) is 2. The molecule has 0 aliphatic heterocycles. The Morgan fingerprint density at radius 2 is 1.79 bits per heavy atom. The summed E-state index contributed by atoms with van der Waals surface area (Å²) >= 11 is 0. The second-order valence-electron chi connectivity index (χ2n) is 8.75. The Morgan fingerprint density at radius 1 is 1.06 bits per heavy atom. The maximum atomic E-state index is 14.6. The van der Waals surface area contributed by atoms with Crippen LogP contribution in [0.3, 0.4) is 0 Å². The third kappa shape index (κ3) is 6.58. The first-order valence-electron chi connectivity index (χ1n) is 10.7. The van der Waals surface area contributed by atoms with Gasteiger partial charge in [0.2, 0.25) is 0 Å². The van der Waals surface area contributed by atoms with E-state index in [9.17, 15) is 14.0 Å². The van der Waals surface area contributed by atoms with Gasteiger partial charge < -0.3 is 15.4 Å². The van der Waals surface area contributed by atoms with Gasteiger partial charge in [0.15, 0.2) is 5.82 Å². The molecule has 0 saturated carbocycles. The van der Waals surface area contributed by atoms with Gasteiger partial charge in [0, 0.05) is 19.0 Å². The zero-order valence-electron chi connectivity index (χ0n) is 19.6. The number of carbonyl (C=O) groups excluding carboxylic acids is 2. The SMILES string of the molecule is COCc1ccc([C@@H](NC(=O)Nc2cccnn2)C(=O)Nc2ccc(C(C)(C)C)c(F)c2)cc1. The molecule has 1 heterocycles. The topological polar surface area (TPSA) is 105 Å². The van der Waals surface area contributed by atoms with Gasteiger partial charge in [-0.25, -0.2) is 9.18 Å². The highest BCUT2D eigenvalue weighted by atomic mass is 19.1. The van der Waals surface area contributed by atoms with E-state index in [1.165, 1.54) is 12.3 Å². The summed E-state index contributed by atoms with van der Waals surface area (Å²) in [6.45, 7) is 6.14. The van der Waals surface area contributed by atoms with Crippen LogP contribution in [0.25, 0.3) is 0 Å². The second-order valence-corrected chi connectivity index (χ2v) is 8.75. The van der Waals surface area contributed by atoms with E-state index in [2.05, 4.69) is 26.1 Å². The number of aromatic nitrogens is 2. The Labute approximate surface area is 197 Å². The summed E-state index contributed by atoms with van der Waals surface area (Å²) in [5.74, 6) is -0.717. The summed E-state index contributed by atoms with van der Waals surface area (Å²) < 4.78 is 19.8. The van der Waals surface area contributed by atoms with Gasteiger partial charge in [-0.3, -0.25) is 10.1 Å². The van der Waals surface area contributed by atoms with Crippen molar-refractivity contribution in [2.75, 3.05) is 17.7 Å². The first-order chi connectivity index (χ1) is 16.2. The van der Waals surface area contributed by atoms with Crippen LogP contribution in [0.4, 0.5) is 20.7 Å². The molecule has 0 bridgehead atoms. The molecule has 0 fully saturated rings. The molecule has 0 aliphatic carbocycles. The number of anilines is 2. The van der Waals surface area contributed by atoms with E-state index < -0.39 is 23.8 Å². The summed E-state index contributed by atoms with van der Waals surface area (Å²) in [6.07, 6.45) is 1.48. The highest BCUT2D eigenvalue weighted by molar-refractivity contribution is 5.99. The molecule has 34 heavy (non-hydrogen) atoms. The van der Waals surface area contributed by atoms with Crippen molar-refractivity contribution in [1.82, 2.24) is 15.5 Å². The van der Waals surface area contributed by atoms with Crippen molar-refractivity contribution in [3.63, 3.8) is 0 Å². The number of hydrogen-bond acceptors (Lipinski definition) is 5. The van der Waals surface area contributed by atoms with Crippen LogP contribution in [0.5, 0.6) is 0 Å². The van der Waals surface area contributed by atoms with Gasteiger partial charge >= 0.3 is 6.03 Å². The molecular weight excluding hydrogens is 437 g/mol. The first kappa shape index (κ1) is 24.8. The fraction of sp³-hybridized carbons (Fsp3) is 0.280. The largest absolute Gasteiger partial charge is 0.380 e. The van der Waals surface area contributed by atoms with E-state index in [-0.39, 0.29) is 16.9 Å². The van der Waals surface area contributed by atoms with E-state index in [1.54, 1.807) is 55.6 Å². The highest BCUT2D eigenvalue weighted by Crippen LogP contribution is 2.27. The number of rotatable bonds is 7. The smallest absolute Gasteiger partial charge is 0.321 e. The van der Waals surface area contributed by atoms with Gasteiger partial charge in [-0.1, -0.05) is 51.1 Å². The van der Waals surface area contributed by atoms with Crippen LogP contribution in [0.2, 0.25) is 0 Å². The summed E-state index contributed by atoms with van der Waals surface area (Å²) in [7, 11) is 1.59. The van der Waals surface area contributed by atoms with E-state index >= 15 is 0 Å². The molecule has 0 radical (unpaired) electrons. The third-order valence-corrected chi connectivity index (χ3v) is 5.02. The predicted molar refractivity (Wildman–Crippen MR) is 128 cm³/mol. The van der Waals surface area contributed by atoms with Crippen molar-refractivity contribution >= 4 is 23.4 Å². The maximum Gasteiger partial charge on any atom is 0.321 e. The Bertz CT molecular complexity index is 1130. The van der Waals surface area contributed by atoms with Crippen LogP contribution >= 0.6 is 0 Å². The molecule has 3 N–H and O–H groups in total. The fourth-order valence-electron chi connectivity index (χ4n) is 3.34. The summed E-state index contributed by atoms with van der Waals surface area (Å²) in [5, 5.41) is 15.4. The average molecular weight is 466 g/mol. The van der Waals surface area contributed by atoms with Crippen LogP contribution in [0.1, 0.15) is 43.5 Å². The molecule has 8 nitrogen and oxygen atoms in total. The van der Waals surface area contributed by atoms with Crippen LogP contribution in [0.15, 0.2) is 60.8 Å². The minimum Gasteiger partial charge on any atom is -0.380 e. The monoisotopic (exact) mass is 465 g/mol. The van der Waals surface area contributed by atoms with Crippen molar-refractivity contribution in [3.8, 4) is 0 Å².